The average molecular weight is 283 g/mol. The van der Waals surface area contributed by atoms with Crippen LogP contribution in [0.3, 0.4) is 0 Å². The summed E-state index contributed by atoms with van der Waals surface area (Å²) in [6, 6.07) is 13.1. The summed E-state index contributed by atoms with van der Waals surface area (Å²) in [5, 5.41) is 0. The zero-order valence-electron chi connectivity index (χ0n) is 11.7. The van der Waals surface area contributed by atoms with Crippen molar-refractivity contribution in [3.63, 3.8) is 0 Å². The Kier molecular flexibility index (Phi) is 5.70. The van der Waals surface area contributed by atoms with Crippen molar-refractivity contribution in [2.45, 2.75) is 11.8 Å². The van der Waals surface area contributed by atoms with Crippen LogP contribution in [0, 0.1) is 6.92 Å². The van der Waals surface area contributed by atoms with Gasteiger partial charge in [0, 0.05) is 0 Å². The maximum Gasteiger partial charge on any atom is 1.00 e. The van der Waals surface area contributed by atoms with E-state index < -0.39 is 10.0 Å². The summed E-state index contributed by atoms with van der Waals surface area (Å²) in [6.07, 6.45) is 0. The number of methoxy groups -OCH3 is 1. The number of rotatable bonds is 4. The molecular formula is C14H14LiNO3S. The molecule has 2 rings (SSSR count). The van der Waals surface area contributed by atoms with Crippen molar-refractivity contribution in [2.24, 2.45) is 0 Å². The fourth-order valence-electron chi connectivity index (χ4n) is 1.54. The first-order chi connectivity index (χ1) is 9.01. The Morgan fingerprint density at radius 3 is 2.00 bits per heavy atom. The molecule has 0 saturated heterocycles. The number of aryl methyl sites for hydroxylation is 1. The molecule has 6 heteroatoms. The molecular weight excluding hydrogens is 269 g/mol. The summed E-state index contributed by atoms with van der Waals surface area (Å²) in [6.45, 7) is 1.93. The van der Waals surface area contributed by atoms with Crippen LogP contribution < -0.4 is 23.6 Å². The van der Waals surface area contributed by atoms with Gasteiger partial charge in [-0.25, -0.2) is 8.42 Å². The van der Waals surface area contributed by atoms with Crippen LogP contribution in [0.4, 0.5) is 5.69 Å². The largest absolute Gasteiger partial charge is 1.00 e. The van der Waals surface area contributed by atoms with E-state index in [4.69, 9.17) is 4.74 Å². The van der Waals surface area contributed by atoms with E-state index in [0.717, 1.165) is 5.56 Å². The van der Waals surface area contributed by atoms with Gasteiger partial charge in [0.15, 0.2) is 0 Å². The second-order valence-electron chi connectivity index (χ2n) is 4.08. The predicted molar refractivity (Wildman–Crippen MR) is 74.4 cm³/mol. The van der Waals surface area contributed by atoms with Crippen molar-refractivity contribution in [3.8, 4) is 5.75 Å². The van der Waals surface area contributed by atoms with Crippen LogP contribution in [0.2, 0.25) is 0 Å². The van der Waals surface area contributed by atoms with Crippen molar-refractivity contribution in [2.75, 3.05) is 7.11 Å². The van der Waals surface area contributed by atoms with Crippen LogP contribution in [0.5, 0.6) is 5.75 Å². The first-order valence-electron chi connectivity index (χ1n) is 5.70. The normalized spacial score (nSPS) is 10.5. The maximum absolute atomic E-state index is 12.1. The second kappa shape index (κ2) is 6.85. The summed E-state index contributed by atoms with van der Waals surface area (Å²) in [5.41, 5.74) is 1.47. The van der Waals surface area contributed by atoms with Crippen LogP contribution in [0.25, 0.3) is 4.72 Å². The van der Waals surface area contributed by atoms with E-state index in [-0.39, 0.29) is 23.8 Å². The SMILES string of the molecule is COc1ccc(S(=O)(=O)[N-]c2ccc(C)cc2)cc1.[Li+]. The maximum atomic E-state index is 12.1. The number of ether oxygens (including phenoxy) is 1. The third kappa shape index (κ3) is 4.04. The summed E-state index contributed by atoms with van der Waals surface area (Å²) in [7, 11) is -2.15. The molecule has 0 aliphatic carbocycles. The molecule has 0 spiro atoms. The molecule has 0 aliphatic heterocycles. The Hall–Kier alpha value is -1.41. The smallest absolute Gasteiger partial charge is 0.573 e. The quantitative estimate of drug-likeness (QED) is 0.763. The van der Waals surface area contributed by atoms with E-state index in [0.29, 0.717) is 11.4 Å². The molecule has 0 saturated carbocycles. The number of hydrogen-bond acceptors (Lipinski definition) is 3. The van der Waals surface area contributed by atoms with E-state index in [1.165, 1.54) is 19.2 Å². The molecule has 0 aromatic heterocycles. The summed E-state index contributed by atoms with van der Waals surface area (Å²) >= 11 is 0. The molecule has 0 unspecified atom stereocenters. The van der Waals surface area contributed by atoms with Gasteiger partial charge in [-0.15, -0.1) is 5.69 Å². The van der Waals surface area contributed by atoms with Crippen molar-refractivity contribution < 1.29 is 32.0 Å². The zero-order chi connectivity index (χ0) is 13.9. The van der Waals surface area contributed by atoms with Gasteiger partial charge in [0.25, 0.3) is 0 Å². The van der Waals surface area contributed by atoms with E-state index in [9.17, 15) is 8.42 Å². The van der Waals surface area contributed by atoms with E-state index >= 15 is 0 Å². The van der Waals surface area contributed by atoms with E-state index in [1.54, 1.807) is 24.3 Å². The average Bonchev–Trinajstić information content (AvgIpc) is 2.41. The molecule has 20 heavy (non-hydrogen) atoms. The monoisotopic (exact) mass is 283 g/mol. The Balaban J connectivity index is 0.00000200. The number of hydrogen-bond donors (Lipinski definition) is 0. The van der Waals surface area contributed by atoms with E-state index in [1.807, 2.05) is 19.1 Å². The molecule has 2 aromatic rings. The third-order valence-electron chi connectivity index (χ3n) is 2.62. The van der Waals surface area contributed by atoms with Crippen molar-refractivity contribution in [3.05, 3.63) is 58.8 Å². The van der Waals surface area contributed by atoms with Crippen LogP contribution in [-0.4, -0.2) is 15.5 Å². The summed E-state index contributed by atoms with van der Waals surface area (Å²) < 4.78 is 32.9. The van der Waals surface area contributed by atoms with Gasteiger partial charge in [-0.3, -0.25) is 0 Å². The van der Waals surface area contributed by atoms with Crippen molar-refractivity contribution >= 4 is 15.7 Å². The van der Waals surface area contributed by atoms with Crippen molar-refractivity contribution in [1.82, 2.24) is 0 Å². The molecule has 4 nitrogen and oxygen atoms in total. The fourth-order valence-corrected chi connectivity index (χ4v) is 2.53. The van der Waals surface area contributed by atoms with Crippen LogP contribution in [0.15, 0.2) is 53.4 Å². The Morgan fingerprint density at radius 1 is 0.950 bits per heavy atom. The summed E-state index contributed by atoms with van der Waals surface area (Å²) in [5.74, 6) is 0.606. The van der Waals surface area contributed by atoms with E-state index in [2.05, 4.69) is 4.72 Å². The van der Waals surface area contributed by atoms with Crippen LogP contribution >= 0.6 is 0 Å². The number of nitrogens with zero attached hydrogens (tertiary/aromatic N) is 1. The molecule has 0 aliphatic rings. The minimum Gasteiger partial charge on any atom is -0.573 e. The van der Waals surface area contributed by atoms with Gasteiger partial charge in [0.2, 0.25) is 0 Å². The molecule has 0 bridgehead atoms. The first kappa shape index (κ1) is 16.6. The van der Waals surface area contributed by atoms with Crippen molar-refractivity contribution in [1.29, 1.82) is 0 Å². The second-order valence-corrected chi connectivity index (χ2v) is 5.68. The topological polar surface area (TPSA) is 57.5 Å². The van der Waals surface area contributed by atoms with Gasteiger partial charge in [0.1, 0.15) is 15.8 Å². The Bertz CT molecular complexity index is 652. The molecule has 0 radical (unpaired) electrons. The van der Waals surface area contributed by atoms with Crippen LogP contribution in [-0.2, 0) is 10.0 Å². The minimum atomic E-state index is -3.68. The Morgan fingerprint density at radius 2 is 1.50 bits per heavy atom. The minimum absolute atomic E-state index is 0. The van der Waals surface area contributed by atoms with Gasteiger partial charge >= 0.3 is 18.9 Å². The van der Waals surface area contributed by atoms with Gasteiger partial charge in [-0.05, 0) is 31.2 Å². The Labute approximate surface area is 131 Å². The fraction of sp³-hybridized carbons (Fsp3) is 0.143. The molecule has 100 valence electrons. The van der Waals surface area contributed by atoms with Gasteiger partial charge in [-0.2, -0.15) is 0 Å². The molecule has 2 aromatic carbocycles. The third-order valence-corrected chi connectivity index (χ3v) is 3.94. The molecule has 0 heterocycles. The standard InChI is InChI=1S/C14H14NO3S.Li/c1-11-3-5-12(6-4-11)15-19(16,17)14-9-7-13(18-2)8-10-14;/h3-10H,1-2H3;/q-1;+1. The molecule has 0 fully saturated rings. The van der Waals surface area contributed by atoms with Crippen LogP contribution in [0.1, 0.15) is 5.56 Å². The number of sulfonamides is 1. The first-order valence-corrected chi connectivity index (χ1v) is 7.14. The molecule has 0 atom stereocenters. The zero-order valence-corrected chi connectivity index (χ0v) is 12.5. The molecule has 0 amide bonds. The van der Waals surface area contributed by atoms with Gasteiger partial charge in [0.05, 0.1) is 12.0 Å². The molecule has 0 N–H and O–H groups in total. The number of benzene rings is 2. The van der Waals surface area contributed by atoms with Gasteiger partial charge < -0.3 is 9.46 Å². The van der Waals surface area contributed by atoms with Gasteiger partial charge in [-0.1, -0.05) is 29.8 Å². The predicted octanol–water partition coefficient (Wildman–Crippen LogP) is 0.402. The summed E-state index contributed by atoms with van der Waals surface area (Å²) in [4.78, 5) is 0.147.